The van der Waals surface area contributed by atoms with Crippen LogP contribution in [0.3, 0.4) is 0 Å². The van der Waals surface area contributed by atoms with Crippen molar-refractivity contribution in [2.45, 2.75) is 39.2 Å². The van der Waals surface area contributed by atoms with Crippen LogP contribution in [0.25, 0.3) is 0 Å². The second-order valence-corrected chi connectivity index (χ2v) is 3.08. The zero-order valence-electron chi connectivity index (χ0n) is 6.39. The molecule has 9 heavy (non-hydrogen) atoms. The van der Waals surface area contributed by atoms with Gasteiger partial charge >= 0.3 is 0 Å². The Labute approximate surface area is 57.4 Å². The normalized spacial score (nSPS) is 35.3. The van der Waals surface area contributed by atoms with E-state index >= 15 is 0 Å². The van der Waals surface area contributed by atoms with Crippen molar-refractivity contribution in [2.24, 2.45) is 5.92 Å². The monoisotopic (exact) mass is 128 g/mol. The van der Waals surface area contributed by atoms with Crippen LogP contribution in [-0.4, -0.2) is 12.7 Å². The Morgan fingerprint density at radius 3 is 2.78 bits per heavy atom. The SMILES string of the molecule is CCCC1C[C@H](C)CO1. The van der Waals surface area contributed by atoms with Crippen LogP contribution in [0.15, 0.2) is 0 Å². The van der Waals surface area contributed by atoms with Gasteiger partial charge in [0.1, 0.15) is 0 Å². The van der Waals surface area contributed by atoms with Crippen molar-refractivity contribution in [3.8, 4) is 0 Å². The second kappa shape index (κ2) is 3.21. The van der Waals surface area contributed by atoms with E-state index in [2.05, 4.69) is 13.8 Å². The van der Waals surface area contributed by atoms with Crippen molar-refractivity contribution < 1.29 is 4.74 Å². The van der Waals surface area contributed by atoms with Crippen molar-refractivity contribution in [1.29, 1.82) is 0 Å². The third kappa shape index (κ3) is 1.98. The van der Waals surface area contributed by atoms with Crippen LogP contribution >= 0.6 is 0 Å². The summed E-state index contributed by atoms with van der Waals surface area (Å²) in [5.41, 5.74) is 0. The molecule has 1 unspecified atom stereocenters. The van der Waals surface area contributed by atoms with Gasteiger partial charge in [-0.25, -0.2) is 0 Å². The van der Waals surface area contributed by atoms with E-state index < -0.39 is 0 Å². The first-order valence-electron chi connectivity index (χ1n) is 3.94. The highest BCUT2D eigenvalue weighted by molar-refractivity contribution is 4.69. The van der Waals surface area contributed by atoms with E-state index in [1.54, 1.807) is 0 Å². The summed E-state index contributed by atoms with van der Waals surface area (Å²) in [6.07, 6.45) is 4.39. The molecule has 0 amide bonds. The summed E-state index contributed by atoms with van der Waals surface area (Å²) in [7, 11) is 0. The molecule has 1 rings (SSSR count). The zero-order chi connectivity index (χ0) is 6.69. The minimum atomic E-state index is 0.588. The smallest absolute Gasteiger partial charge is 0.0578 e. The van der Waals surface area contributed by atoms with Gasteiger partial charge in [-0.1, -0.05) is 20.3 Å². The summed E-state index contributed by atoms with van der Waals surface area (Å²) in [5, 5.41) is 0. The fourth-order valence-corrected chi connectivity index (χ4v) is 1.41. The van der Waals surface area contributed by atoms with Crippen LogP contribution in [0, 0.1) is 5.92 Å². The molecule has 0 spiro atoms. The first kappa shape index (κ1) is 7.07. The molecule has 1 saturated heterocycles. The van der Waals surface area contributed by atoms with Gasteiger partial charge in [-0.3, -0.25) is 0 Å². The lowest BCUT2D eigenvalue weighted by molar-refractivity contribution is 0.100. The van der Waals surface area contributed by atoms with Gasteiger partial charge in [0.15, 0.2) is 0 Å². The highest BCUT2D eigenvalue weighted by Crippen LogP contribution is 2.21. The molecule has 0 aromatic carbocycles. The largest absolute Gasteiger partial charge is 0.378 e. The molecule has 1 fully saturated rings. The van der Waals surface area contributed by atoms with E-state index in [1.165, 1.54) is 19.3 Å². The molecular formula is C8H16O. The number of hydrogen-bond donors (Lipinski definition) is 0. The molecule has 0 N–H and O–H groups in total. The van der Waals surface area contributed by atoms with Gasteiger partial charge in [0, 0.05) is 6.61 Å². The van der Waals surface area contributed by atoms with Gasteiger partial charge in [-0.2, -0.15) is 0 Å². The lowest BCUT2D eigenvalue weighted by Crippen LogP contribution is -2.02. The minimum absolute atomic E-state index is 0.588. The van der Waals surface area contributed by atoms with Crippen molar-refractivity contribution in [3.63, 3.8) is 0 Å². The van der Waals surface area contributed by atoms with Crippen molar-refractivity contribution >= 4 is 0 Å². The summed E-state index contributed by atoms with van der Waals surface area (Å²) in [4.78, 5) is 0. The van der Waals surface area contributed by atoms with Gasteiger partial charge in [-0.15, -0.1) is 0 Å². The van der Waals surface area contributed by atoms with Gasteiger partial charge in [-0.05, 0) is 18.8 Å². The van der Waals surface area contributed by atoms with Gasteiger partial charge < -0.3 is 4.74 Å². The van der Waals surface area contributed by atoms with Gasteiger partial charge in [0.25, 0.3) is 0 Å². The summed E-state index contributed by atoms with van der Waals surface area (Å²) in [5.74, 6) is 0.807. The average Bonchev–Trinajstić information content (AvgIpc) is 2.17. The van der Waals surface area contributed by atoms with Crippen LogP contribution in [0.4, 0.5) is 0 Å². The summed E-state index contributed by atoms with van der Waals surface area (Å²) in [6, 6.07) is 0. The molecule has 1 heteroatoms. The quantitative estimate of drug-likeness (QED) is 0.554. The predicted molar refractivity (Wildman–Crippen MR) is 38.4 cm³/mol. The molecule has 54 valence electrons. The first-order valence-corrected chi connectivity index (χ1v) is 3.94. The molecule has 0 radical (unpaired) electrons. The Morgan fingerprint density at radius 2 is 2.33 bits per heavy atom. The third-order valence-corrected chi connectivity index (χ3v) is 1.89. The lowest BCUT2D eigenvalue weighted by Gasteiger charge is -2.04. The van der Waals surface area contributed by atoms with E-state index in [0.717, 1.165) is 12.5 Å². The molecule has 2 atom stereocenters. The molecule has 0 aliphatic carbocycles. The Bertz CT molecular complexity index is 78.6. The van der Waals surface area contributed by atoms with Gasteiger partial charge in [0.2, 0.25) is 0 Å². The molecular weight excluding hydrogens is 112 g/mol. The summed E-state index contributed by atoms with van der Waals surface area (Å²) < 4.78 is 5.51. The number of hydrogen-bond acceptors (Lipinski definition) is 1. The summed E-state index contributed by atoms with van der Waals surface area (Å²) in [6.45, 7) is 5.46. The number of rotatable bonds is 2. The van der Waals surface area contributed by atoms with Crippen LogP contribution < -0.4 is 0 Å². The van der Waals surface area contributed by atoms with Crippen molar-refractivity contribution in [3.05, 3.63) is 0 Å². The van der Waals surface area contributed by atoms with E-state index in [0.29, 0.717) is 6.10 Å². The predicted octanol–water partition coefficient (Wildman–Crippen LogP) is 2.21. The average molecular weight is 128 g/mol. The number of ether oxygens (including phenoxy) is 1. The fourth-order valence-electron chi connectivity index (χ4n) is 1.41. The van der Waals surface area contributed by atoms with Crippen LogP contribution in [0.1, 0.15) is 33.1 Å². The maximum Gasteiger partial charge on any atom is 0.0578 e. The Kier molecular flexibility index (Phi) is 2.52. The molecule has 0 aromatic rings. The molecule has 0 saturated carbocycles. The standard InChI is InChI=1S/C8H16O/c1-3-4-8-5-7(2)6-9-8/h7-8H,3-6H2,1-2H3/t7-,8?/m0/s1. The van der Waals surface area contributed by atoms with Crippen LogP contribution in [-0.2, 0) is 4.74 Å². The Morgan fingerprint density at radius 1 is 1.56 bits per heavy atom. The van der Waals surface area contributed by atoms with Crippen LogP contribution in [0.2, 0.25) is 0 Å². The highest BCUT2D eigenvalue weighted by atomic mass is 16.5. The lowest BCUT2D eigenvalue weighted by atomic mass is 10.1. The van der Waals surface area contributed by atoms with E-state index in [-0.39, 0.29) is 0 Å². The molecule has 0 bridgehead atoms. The van der Waals surface area contributed by atoms with E-state index in [4.69, 9.17) is 4.74 Å². The molecule has 1 aliphatic heterocycles. The molecule has 1 aliphatic rings. The summed E-state index contributed by atoms with van der Waals surface area (Å²) >= 11 is 0. The van der Waals surface area contributed by atoms with E-state index in [1.807, 2.05) is 0 Å². The zero-order valence-corrected chi connectivity index (χ0v) is 6.39. The minimum Gasteiger partial charge on any atom is -0.378 e. The van der Waals surface area contributed by atoms with Crippen LogP contribution in [0.5, 0.6) is 0 Å². The maximum atomic E-state index is 5.51. The topological polar surface area (TPSA) is 9.23 Å². The van der Waals surface area contributed by atoms with E-state index in [9.17, 15) is 0 Å². The van der Waals surface area contributed by atoms with Gasteiger partial charge in [0.05, 0.1) is 6.10 Å². The highest BCUT2D eigenvalue weighted by Gasteiger charge is 2.20. The molecule has 1 nitrogen and oxygen atoms in total. The molecule has 1 heterocycles. The van der Waals surface area contributed by atoms with Crippen molar-refractivity contribution in [2.75, 3.05) is 6.61 Å². The first-order chi connectivity index (χ1) is 4.33. The fraction of sp³-hybridized carbons (Fsp3) is 1.00. The Hall–Kier alpha value is -0.0400. The maximum absolute atomic E-state index is 5.51. The molecule has 0 aromatic heterocycles. The van der Waals surface area contributed by atoms with Crippen molar-refractivity contribution in [1.82, 2.24) is 0 Å². The third-order valence-electron chi connectivity index (χ3n) is 1.89. The second-order valence-electron chi connectivity index (χ2n) is 3.08. The Balaban J connectivity index is 2.14.